The highest BCUT2D eigenvalue weighted by Gasteiger charge is 2.30. The molecular weight excluding hydrogens is 297 g/mol. The van der Waals surface area contributed by atoms with E-state index in [1.807, 2.05) is 6.92 Å². The molecule has 2 N–H and O–H groups in total. The van der Waals surface area contributed by atoms with E-state index in [4.69, 9.17) is 5.11 Å². The molecule has 0 radical (unpaired) electrons. The van der Waals surface area contributed by atoms with Gasteiger partial charge in [0.2, 0.25) is 10.0 Å². The van der Waals surface area contributed by atoms with Gasteiger partial charge in [0.15, 0.2) is 0 Å². The molecule has 0 aliphatic heterocycles. The highest BCUT2D eigenvalue weighted by molar-refractivity contribution is 7.89. The average Bonchev–Trinajstić information content (AvgIpc) is 2.34. The number of aliphatic carboxylic acids is 1. The second kappa shape index (κ2) is 5.95. The zero-order valence-corrected chi connectivity index (χ0v) is 12.2. The van der Waals surface area contributed by atoms with Gasteiger partial charge in [-0.25, -0.2) is 22.3 Å². The van der Waals surface area contributed by atoms with Crippen molar-refractivity contribution in [3.05, 3.63) is 35.7 Å². The van der Waals surface area contributed by atoms with E-state index < -0.39 is 26.7 Å². The standard InChI is InChI=1S/C14H16FNO4S/c1-9-6-11(7-9)16-21(19,20)13-4-2-10(8-12(13)15)3-5-14(17)18/h2-5,8-9,11,16H,6-7H2,1H3,(H,17,18)/b5-3+. The lowest BCUT2D eigenvalue weighted by Gasteiger charge is -2.32. The molecule has 114 valence electrons. The van der Waals surface area contributed by atoms with Gasteiger partial charge in [-0.1, -0.05) is 13.0 Å². The molecule has 1 aliphatic carbocycles. The Balaban J connectivity index is 2.18. The van der Waals surface area contributed by atoms with Gasteiger partial charge in [-0.2, -0.15) is 0 Å². The lowest BCUT2D eigenvalue weighted by atomic mass is 9.83. The highest BCUT2D eigenvalue weighted by atomic mass is 32.2. The number of carboxylic acid groups (broad SMARTS) is 1. The minimum atomic E-state index is -3.89. The lowest BCUT2D eigenvalue weighted by Crippen LogP contribution is -2.43. The van der Waals surface area contributed by atoms with Crippen LogP contribution in [0.5, 0.6) is 0 Å². The van der Waals surface area contributed by atoms with Crippen molar-refractivity contribution in [2.75, 3.05) is 0 Å². The third kappa shape index (κ3) is 3.89. The van der Waals surface area contributed by atoms with Gasteiger partial charge in [-0.05, 0) is 42.5 Å². The number of benzene rings is 1. The van der Waals surface area contributed by atoms with Crippen molar-refractivity contribution >= 4 is 22.1 Å². The van der Waals surface area contributed by atoms with Crippen LogP contribution in [0, 0.1) is 11.7 Å². The van der Waals surface area contributed by atoms with Gasteiger partial charge < -0.3 is 5.11 Å². The Kier molecular flexibility index (Phi) is 4.43. The number of sulfonamides is 1. The van der Waals surface area contributed by atoms with E-state index in [0.717, 1.165) is 31.1 Å². The SMILES string of the molecule is CC1CC(NS(=O)(=O)c2ccc(/C=C/C(=O)O)cc2F)C1. The van der Waals surface area contributed by atoms with E-state index >= 15 is 0 Å². The number of hydrogen-bond acceptors (Lipinski definition) is 3. The molecule has 5 nitrogen and oxygen atoms in total. The minimum absolute atomic E-state index is 0.143. The minimum Gasteiger partial charge on any atom is -0.478 e. The number of nitrogens with one attached hydrogen (secondary N) is 1. The third-order valence-electron chi connectivity index (χ3n) is 3.36. The summed E-state index contributed by atoms with van der Waals surface area (Å²) >= 11 is 0. The Morgan fingerprint density at radius 1 is 1.43 bits per heavy atom. The predicted molar refractivity (Wildman–Crippen MR) is 75.6 cm³/mol. The maximum atomic E-state index is 13.9. The van der Waals surface area contributed by atoms with Crippen LogP contribution in [0.15, 0.2) is 29.2 Å². The van der Waals surface area contributed by atoms with Crippen LogP contribution in [0.3, 0.4) is 0 Å². The summed E-state index contributed by atoms with van der Waals surface area (Å²) in [6, 6.07) is 3.36. The van der Waals surface area contributed by atoms with Crippen LogP contribution in [-0.2, 0) is 14.8 Å². The molecule has 0 spiro atoms. The zero-order chi connectivity index (χ0) is 15.6. The normalized spacial score (nSPS) is 22.2. The maximum absolute atomic E-state index is 13.9. The number of hydrogen-bond donors (Lipinski definition) is 2. The first-order valence-electron chi connectivity index (χ1n) is 6.51. The maximum Gasteiger partial charge on any atom is 0.328 e. The van der Waals surface area contributed by atoms with Crippen molar-refractivity contribution in [3.8, 4) is 0 Å². The lowest BCUT2D eigenvalue weighted by molar-refractivity contribution is -0.131. The van der Waals surface area contributed by atoms with Gasteiger partial charge in [0, 0.05) is 12.1 Å². The van der Waals surface area contributed by atoms with Crippen LogP contribution in [0.4, 0.5) is 4.39 Å². The Morgan fingerprint density at radius 2 is 2.10 bits per heavy atom. The first-order chi connectivity index (χ1) is 9.78. The summed E-state index contributed by atoms with van der Waals surface area (Å²) in [6.45, 7) is 2.02. The van der Waals surface area contributed by atoms with E-state index in [1.54, 1.807) is 0 Å². The molecule has 0 saturated heterocycles. The van der Waals surface area contributed by atoms with Gasteiger partial charge in [-0.15, -0.1) is 0 Å². The van der Waals surface area contributed by atoms with Gasteiger partial charge in [0.25, 0.3) is 0 Å². The van der Waals surface area contributed by atoms with E-state index in [0.29, 0.717) is 5.92 Å². The van der Waals surface area contributed by atoms with E-state index in [-0.39, 0.29) is 11.6 Å². The topological polar surface area (TPSA) is 83.5 Å². The Labute approximate surface area is 122 Å². The molecule has 21 heavy (non-hydrogen) atoms. The molecule has 7 heteroatoms. The van der Waals surface area contributed by atoms with Crippen molar-refractivity contribution in [1.29, 1.82) is 0 Å². The molecule has 0 aromatic heterocycles. The van der Waals surface area contributed by atoms with E-state index in [2.05, 4.69) is 4.72 Å². The zero-order valence-electron chi connectivity index (χ0n) is 11.4. The Morgan fingerprint density at radius 3 is 2.62 bits per heavy atom. The summed E-state index contributed by atoms with van der Waals surface area (Å²) in [6.07, 6.45) is 3.56. The Bertz CT molecular complexity index is 678. The molecule has 0 heterocycles. The van der Waals surface area contributed by atoms with Crippen molar-refractivity contribution < 1.29 is 22.7 Å². The summed E-state index contributed by atoms with van der Waals surface area (Å²) in [7, 11) is -3.89. The van der Waals surface area contributed by atoms with Crippen molar-refractivity contribution in [1.82, 2.24) is 4.72 Å². The molecular formula is C14H16FNO4S. The van der Waals surface area contributed by atoms with Crippen LogP contribution in [0.25, 0.3) is 6.08 Å². The molecule has 0 amide bonds. The fraction of sp³-hybridized carbons (Fsp3) is 0.357. The largest absolute Gasteiger partial charge is 0.478 e. The molecule has 0 bridgehead atoms. The molecule has 1 fully saturated rings. The fourth-order valence-corrected chi connectivity index (χ4v) is 3.61. The van der Waals surface area contributed by atoms with Crippen LogP contribution in [-0.4, -0.2) is 25.5 Å². The second-order valence-corrected chi connectivity index (χ2v) is 6.94. The van der Waals surface area contributed by atoms with Crippen LogP contribution >= 0.6 is 0 Å². The summed E-state index contributed by atoms with van der Waals surface area (Å²) < 4.78 is 40.5. The third-order valence-corrected chi connectivity index (χ3v) is 4.91. The monoisotopic (exact) mass is 313 g/mol. The molecule has 1 aromatic rings. The fourth-order valence-electron chi connectivity index (χ4n) is 2.29. The summed E-state index contributed by atoms with van der Waals surface area (Å²) in [5.74, 6) is -1.58. The highest BCUT2D eigenvalue weighted by Crippen LogP contribution is 2.28. The first kappa shape index (κ1) is 15.7. The summed E-state index contributed by atoms with van der Waals surface area (Å²) in [4.78, 5) is 9.96. The molecule has 0 unspecified atom stereocenters. The summed E-state index contributed by atoms with van der Waals surface area (Å²) in [5.41, 5.74) is 0.283. The molecule has 1 saturated carbocycles. The van der Waals surface area contributed by atoms with Crippen LogP contribution < -0.4 is 4.72 Å². The van der Waals surface area contributed by atoms with Gasteiger partial charge in [0.1, 0.15) is 10.7 Å². The quantitative estimate of drug-likeness (QED) is 0.814. The van der Waals surface area contributed by atoms with E-state index in [1.165, 1.54) is 12.1 Å². The average molecular weight is 313 g/mol. The number of halogens is 1. The van der Waals surface area contributed by atoms with Crippen molar-refractivity contribution in [3.63, 3.8) is 0 Å². The number of rotatable bonds is 5. The smallest absolute Gasteiger partial charge is 0.328 e. The van der Waals surface area contributed by atoms with Gasteiger partial charge in [-0.3, -0.25) is 0 Å². The molecule has 0 atom stereocenters. The number of carbonyl (C=O) groups is 1. The molecule has 1 aromatic carbocycles. The summed E-state index contributed by atoms with van der Waals surface area (Å²) in [5, 5.41) is 8.50. The van der Waals surface area contributed by atoms with Crippen LogP contribution in [0.2, 0.25) is 0 Å². The first-order valence-corrected chi connectivity index (χ1v) is 7.99. The van der Waals surface area contributed by atoms with Crippen LogP contribution in [0.1, 0.15) is 25.3 Å². The molecule has 1 aliphatic rings. The molecule has 2 rings (SSSR count). The predicted octanol–water partition coefficient (Wildman–Crippen LogP) is 2.00. The van der Waals surface area contributed by atoms with Gasteiger partial charge >= 0.3 is 5.97 Å². The van der Waals surface area contributed by atoms with Crippen molar-refractivity contribution in [2.24, 2.45) is 5.92 Å². The Hall–Kier alpha value is -1.73. The number of carboxylic acids is 1. The van der Waals surface area contributed by atoms with E-state index in [9.17, 15) is 17.6 Å². The van der Waals surface area contributed by atoms with Gasteiger partial charge in [0.05, 0.1) is 0 Å². The second-order valence-electron chi connectivity index (χ2n) is 5.26. The van der Waals surface area contributed by atoms with Crippen molar-refractivity contribution in [2.45, 2.75) is 30.7 Å².